The maximum absolute atomic E-state index is 12.5. The zero-order valence-electron chi connectivity index (χ0n) is 14.2. The predicted molar refractivity (Wildman–Crippen MR) is 98.4 cm³/mol. The zero-order chi connectivity index (χ0) is 19.6. The molecule has 27 heavy (non-hydrogen) atoms. The Labute approximate surface area is 157 Å². The number of halogens is 1. The Bertz CT molecular complexity index is 1100. The normalized spacial score (nSPS) is 10.7. The number of benzene rings is 2. The minimum Gasteiger partial charge on any atom is -0.340 e. The number of aromatic nitrogens is 3. The average Bonchev–Trinajstić information content (AvgIpc) is 2.65. The Balaban J connectivity index is 1.79. The fourth-order valence-corrected chi connectivity index (χ4v) is 2.69. The van der Waals surface area contributed by atoms with Gasteiger partial charge < -0.3 is 4.90 Å². The van der Waals surface area contributed by atoms with Crippen molar-refractivity contribution in [1.29, 1.82) is 0 Å². The molecule has 0 N–H and O–H groups in total. The van der Waals surface area contributed by atoms with E-state index in [-0.39, 0.29) is 18.8 Å². The molecule has 0 aliphatic heterocycles. The second-order valence-corrected chi connectivity index (χ2v) is 6.26. The third kappa shape index (κ3) is 3.93. The molecule has 9 nitrogen and oxygen atoms in total. The number of nitro groups is 1. The minimum absolute atomic E-state index is 0.0507. The number of nitro benzene ring substituents is 1. The lowest BCUT2D eigenvalue weighted by atomic mass is 10.2. The quantitative estimate of drug-likeness (QED) is 0.489. The lowest BCUT2D eigenvalue weighted by Gasteiger charge is -2.18. The first kappa shape index (κ1) is 18.5. The second-order valence-electron chi connectivity index (χ2n) is 5.85. The molecule has 3 aromatic rings. The minimum atomic E-state index is -0.536. The topological polar surface area (TPSA) is 111 Å². The third-order valence-electron chi connectivity index (χ3n) is 3.99. The largest absolute Gasteiger partial charge is 0.340 e. The predicted octanol–water partition coefficient (Wildman–Crippen LogP) is 2.01. The van der Waals surface area contributed by atoms with Crippen LogP contribution in [0, 0.1) is 10.1 Å². The smallest absolute Gasteiger partial charge is 0.278 e. The van der Waals surface area contributed by atoms with E-state index in [4.69, 9.17) is 11.6 Å². The van der Waals surface area contributed by atoms with E-state index in [0.29, 0.717) is 21.5 Å². The van der Waals surface area contributed by atoms with Gasteiger partial charge in [0.2, 0.25) is 5.91 Å². The Morgan fingerprint density at radius 1 is 1.30 bits per heavy atom. The van der Waals surface area contributed by atoms with Crippen LogP contribution in [-0.2, 0) is 17.9 Å². The van der Waals surface area contributed by atoms with Crippen molar-refractivity contribution in [3.05, 3.63) is 73.5 Å². The Kier molecular flexibility index (Phi) is 5.13. The van der Waals surface area contributed by atoms with E-state index in [1.165, 1.54) is 30.1 Å². The van der Waals surface area contributed by atoms with Gasteiger partial charge in [-0.3, -0.25) is 19.7 Å². The van der Waals surface area contributed by atoms with Gasteiger partial charge in [0.25, 0.3) is 11.2 Å². The van der Waals surface area contributed by atoms with Gasteiger partial charge in [-0.2, -0.15) is 0 Å². The van der Waals surface area contributed by atoms with Crippen LogP contribution in [0.4, 0.5) is 5.69 Å². The maximum atomic E-state index is 12.5. The first-order valence-corrected chi connectivity index (χ1v) is 8.24. The van der Waals surface area contributed by atoms with Gasteiger partial charge in [0.05, 0.1) is 10.3 Å². The number of amides is 1. The van der Waals surface area contributed by atoms with Gasteiger partial charge in [0.1, 0.15) is 12.1 Å². The summed E-state index contributed by atoms with van der Waals surface area (Å²) < 4.78 is 0.982. The number of non-ortho nitro benzene ring substituents is 1. The zero-order valence-corrected chi connectivity index (χ0v) is 15.0. The fourth-order valence-electron chi connectivity index (χ4n) is 2.52. The van der Waals surface area contributed by atoms with Crippen molar-refractivity contribution in [2.24, 2.45) is 0 Å². The molecule has 0 spiro atoms. The van der Waals surface area contributed by atoms with Crippen molar-refractivity contribution in [2.45, 2.75) is 13.1 Å². The van der Waals surface area contributed by atoms with Gasteiger partial charge in [-0.15, -0.1) is 5.10 Å². The number of fused-ring (bicyclic) bond motifs is 1. The molecule has 1 heterocycles. The summed E-state index contributed by atoms with van der Waals surface area (Å²) in [5.74, 6) is -0.413. The standard InChI is InChI=1S/C17H14ClN5O4/c1-21(9-11-8-12(23(26)27)6-7-14(11)18)16(24)10-22-17(25)13-4-2-3-5-15(13)19-20-22/h2-8H,9-10H2,1H3. The highest BCUT2D eigenvalue weighted by molar-refractivity contribution is 6.31. The molecule has 0 atom stereocenters. The van der Waals surface area contributed by atoms with E-state index >= 15 is 0 Å². The molecule has 10 heteroatoms. The molecule has 3 rings (SSSR count). The van der Waals surface area contributed by atoms with Crippen molar-refractivity contribution >= 4 is 34.1 Å². The van der Waals surface area contributed by atoms with Gasteiger partial charge in [0, 0.05) is 30.7 Å². The molecule has 138 valence electrons. The SMILES string of the molecule is CN(Cc1cc([N+](=O)[O-])ccc1Cl)C(=O)Cn1nnc2ccccc2c1=O. The molecule has 0 aliphatic carbocycles. The molecule has 0 radical (unpaired) electrons. The van der Waals surface area contributed by atoms with Crippen molar-refractivity contribution in [3.63, 3.8) is 0 Å². The molecule has 0 aliphatic rings. The summed E-state index contributed by atoms with van der Waals surface area (Å²) in [5.41, 5.74) is 0.337. The number of hydrogen-bond acceptors (Lipinski definition) is 6. The van der Waals surface area contributed by atoms with E-state index in [2.05, 4.69) is 10.3 Å². The fraction of sp³-hybridized carbons (Fsp3) is 0.176. The van der Waals surface area contributed by atoms with Crippen LogP contribution in [0.5, 0.6) is 0 Å². The van der Waals surface area contributed by atoms with Crippen molar-refractivity contribution in [1.82, 2.24) is 19.9 Å². The number of nitrogens with zero attached hydrogens (tertiary/aromatic N) is 5. The van der Waals surface area contributed by atoms with Crippen LogP contribution in [0.3, 0.4) is 0 Å². The molecule has 1 amide bonds. The summed E-state index contributed by atoms with van der Waals surface area (Å²) in [5, 5.41) is 19.3. The van der Waals surface area contributed by atoms with Crippen molar-refractivity contribution in [3.8, 4) is 0 Å². The molecule has 0 unspecified atom stereocenters. The van der Waals surface area contributed by atoms with Crippen LogP contribution in [0.2, 0.25) is 5.02 Å². The van der Waals surface area contributed by atoms with Gasteiger partial charge in [0.15, 0.2) is 0 Å². The number of carbonyl (C=O) groups is 1. The summed E-state index contributed by atoms with van der Waals surface area (Å²) in [4.78, 5) is 36.5. The monoisotopic (exact) mass is 387 g/mol. The third-order valence-corrected chi connectivity index (χ3v) is 4.36. The van der Waals surface area contributed by atoms with Gasteiger partial charge >= 0.3 is 0 Å². The van der Waals surface area contributed by atoms with Crippen molar-refractivity contribution in [2.75, 3.05) is 7.05 Å². The lowest BCUT2D eigenvalue weighted by molar-refractivity contribution is -0.384. The first-order valence-electron chi connectivity index (χ1n) is 7.86. The van der Waals surface area contributed by atoms with E-state index in [1.807, 2.05) is 0 Å². The van der Waals surface area contributed by atoms with E-state index in [9.17, 15) is 19.7 Å². The molecule has 0 saturated heterocycles. The summed E-state index contributed by atoms with van der Waals surface area (Å²) in [6, 6.07) is 10.7. The number of carbonyl (C=O) groups excluding carboxylic acids is 1. The summed E-state index contributed by atoms with van der Waals surface area (Å²) in [6.45, 7) is -0.255. The summed E-state index contributed by atoms with van der Waals surface area (Å²) in [6.07, 6.45) is 0. The molecule has 0 bridgehead atoms. The Morgan fingerprint density at radius 3 is 2.78 bits per heavy atom. The van der Waals surface area contributed by atoms with Crippen LogP contribution >= 0.6 is 11.6 Å². The molecular weight excluding hydrogens is 374 g/mol. The highest BCUT2D eigenvalue weighted by Gasteiger charge is 2.16. The second kappa shape index (κ2) is 7.50. The van der Waals surface area contributed by atoms with E-state index in [0.717, 1.165) is 4.68 Å². The molecule has 1 aromatic heterocycles. The van der Waals surface area contributed by atoms with Crippen molar-refractivity contribution < 1.29 is 9.72 Å². The van der Waals surface area contributed by atoms with Crippen LogP contribution in [0.15, 0.2) is 47.3 Å². The molecular formula is C17H14ClN5O4. The summed E-state index contributed by atoms with van der Waals surface area (Å²) in [7, 11) is 1.51. The highest BCUT2D eigenvalue weighted by atomic mass is 35.5. The Morgan fingerprint density at radius 2 is 2.04 bits per heavy atom. The average molecular weight is 388 g/mol. The molecule has 2 aromatic carbocycles. The first-order chi connectivity index (χ1) is 12.9. The number of likely N-dealkylation sites (N-methyl/N-ethyl adjacent to an activating group) is 1. The van der Waals surface area contributed by atoms with Crippen LogP contribution in [0.1, 0.15) is 5.56 Å². The van der Waals surface area contributed by atoms with E-state index < -0.39 is 16.4 Å². The highest BCUT2D eigenvalue weighted by Crippen LogP contribution is 2.23. The van der Waals surface area contributed by atoms with Gasteiger partial charge in [-0.05, 0) is 23.8 Å². The Hall–Kier alpha value is -3.33. The number of hydrogen-bond donors (Lipinski definition) is 0. The molecule has 0 saturated carbocycles. The molecule has 0 fully saturated rings. The number of rotatable bonds is 5. The summed E-state index contributed by atoms with van der Waals surface area (Å²) >= 11 is 6.06. The van der Waals surface area contributed by atoms with E-state index in [1.54, 1.807) is 24.3 Å². The van der Waals surface area contributed by atoms with Gasteiger partial charge in [-0.1, -0.05) is 28.9 Å². The van der Waals surface area contributed by atoms with Crippen LogP contribution in [0.25, 0.3) is 10.9 Å². The van der Waals surface area contributed by atoms with Crippen LogP contribution in [-0.4, -0.2) is 37.8 Å². The van der Waals surface area contributed by atoms with Gasteiger partial charge in [-0.25, -0.2) is 4.68 Å². The maximum Gasteiger partial charge on any atom is 0.278 e. The lowest BCUT2D eigenvalue weighted by Crippen LogP contribution is -2.35. The van der Waals surface area contributed by atoms with Crippen LogP contribution < -0.4 is 5.56 Å².